The molecule has 4 heteroatoms. The van der Waals surface area contributed by atoms with Crippen molar-refractivity contribution in [3.8, 4) is 17.4 Å². The molecule has 0 saturated carbocycles. The molecule has 0 amide bonds. The van der Waals surface area contributed by atoms with Crippen LogP contribution in [0.4, 0.5) is 0 Å². The molecule has 3 rings (SSSR count). The van der Waals surface area contributed by atoms with E-state index in [2.05, 4.69) is 11.1 Å². The van der Waals surface area contributed by atoms with Gasteiger partial charge in [0.05, 0.1) is 17.8 Å². The molecule has 3 nitrogen and oxygen atoms in total. The van der Waals surface area contributed by atoms with Gasteiger partial charge in [0.2, 0.25) is 5.89 Å². The summed E-state index contributed by atoms with van der Waals surface area (Å²) in [6, 6.07) is 18.9. The Labute approximate surface area is 133 Å². The van der Waals surface area contributed by atoms with Crippen LogP contribution >= 0.6 is 11.6 Å². The predicted molar refractivity (Wildman–Crippen MR) is 86.8 cm³/mol. The van der Waals surface area contributed by atoms with Crippen LogP contribution in [0.3, 0.4) is 0 Å². The van der Waals surface area contributed by atoms with Crippen LogP contribution in [0.5, 0.6) is 0 Å². The first kappa shape index (κ1) is 14.1. The van der Waals surface area contributed by atoms with E-state index in [1.165, 1.54) is 0 Å². The summed E-state index contributed by atoms with van der Waals surface area (Å²) in [4.78, 5) is 4.20. The number of hydrogen-bond acceptors (Lipinski definition) is 3. The van der Waals surface area contributed by atoms with E-state index in [9.17, 15) is 0 Å². The lowest BCUT2D eigenvalue weighted by Crippen LogP contribution is -1.78. The number of benzene rings is 2. The average Bonchev–Trinajstić information content (AvgIpc) is 3.06. The standard InChI is InChI=1S/C18H11ClN2O/c19-16(10-13-6-8-14(11-20)9-7-13)18-21-12-17(22-18)15-4-2-1-3-5-15/h1-10,12H/b16-10-. The first-order chi connectivity index (χ1) is 10.8. The van der Waals surface area contributed by atoms with Gasteiger partial charge < -0.3 is 4.42 Å². The molecule has 0 radical (unpaired) electrons. The predicted octanol–water partition coefficient (Wildman–Crippen LogP) is 4.95. The van der Waals surface area contributed by atoms with Crippen LogP contribution in [0.15, 0.2) is 65.2 Å². The van der Waals surface area contributed by atoms with Crippen molar-refractivity contribution in [3.63, 3.8) is 0 Å². The molecule has 2 aromatic carbocycles. The first-order valence-corrected chi connectivity index (χ1v) is 7.03. The molecule has 0 N–H and O–H groups in total. The van der Waals surface area contributed by atoms with E-state index < -0.39 is 0 Å². The third kappa shape index (κ3) is 3.08. The molecule has 0 aliphatic carbocycles. The quantitative estimate of drug-likeness (QED) is 0.688. The molecular weight excluding hydrogens is 296 g/mol. The van der Waals surface area contributed by atoms with Gasteiger partial charge >= 0.3 is 0 Å². The van der Waals surface area contributed by atoms with E-state index in [1.807, 2.05) is 42.5 Å². The second-order valence-corrected chi connectivity index (χ2v) is 5.03. The Morgan fingerprint density at radius 2 is 1.82 bits per heavy atom. The van der Waals surface area contributed by atoms with Gasteiger partial charge in [0.25, 0.3) is 0 Å². The average molecular weight is 307 g/mol. The Morgan fingerprint density at radius 1 is 1.09 bits per heavy atom. The summed E-state index contributed by atoms with van der Waals surface area (Å²) in [7, 11) is 0. The lowest BCUT2D eigenvalue weighted by atomic mass is 10.1. The summed E-state index contributed by atoms with van der Waals surface area (Å²) in [6.07, 6.45) is 3.41. The van der Waals surface area contributed by atoms with Crippen molar-refractivity contribution in [2.24, 2.45) is 0 Å². The van der Waals surface area contributed by atoms with Crippen LogP contribution in [0.2, 0.25) is 0 Å². The van der Waals surface area contributed by atoms with Crippen molar-refractivity contribution in [1.82, 2.24) is 4.98 Å². The summed E-state index contributed by atoms with van der Waals surface area (Å²) in [5.41, 5.74) is 2.43. The maximum Gasteiger partial charge on any atom is 0.238 e. The molecule has 0 fully saturated rings. The van der Waals surface area contributed by atoms with Gasteiger partial charge in [-0.15, -0.1) is 0 Å². The van der Waals surface area contributed by atoms with Crippen molar-refractivity contribution < 1.29 is 4.42 Å². The number of aromatic nitrogens is 1. The van der Waals surface area contributed by atoms with Crippen LogP contribution in [-0.4, -0.2) is 4.98 Å². The van der Waals surface area contributed by atoms with Crippen LogP contribution in [-0.2, 0) is 0 Å². The summed E-state index contributed by atoms with van der Waals surface area (Å²) in [6.45, 7) is 0. The highest BCUT2D eigenvalue weighted by Crippen LogP contribution is 2.26. The van der Waals surface area contributed by atoms with Crippen LogP contribution in [0.1, 0.15) is 17.0 Å². The Balaban J connectivity index is 1.86. The van der Waals surface area contributed by atoms with Gasteiger partial charge in [0, 0.05) is 5.56 Å². The summed E-state index contributed by atoms with van der Waals surface area (Å²) in [5.74, 6) is 1.03. The maximum absolute atomic E-state index is 8.78. The van der Waals surface area contributed by atoms with Gasteiger partial charge in [-0.3, -0.25) is 0 Å². The van der Waals surface area contributed by atoms with Crippen molar-refractivity contribution in [2.75, 3.05) is 0 Å². The summed E-state index contributed by atoms with van der Waals surface area (Å²) >= 11 is 6.26. The fraction of sp³-hybridized carbons (Fsp3) is 0. The van der Waals surface area contributed by atoms with Gasteiger partial charge in [-0.2, -0.15) is 5.26 Å². The summed E-state index contributed by atoms with van der Waals surface area (Å²) < 4.78 is 5.68. The third-order valence-electron chi connectivity index (χ3n) is 3.10. The van der Waals surface area contributed by atoms with Gasteiger partial charge in [-0.05, 0) is 23.8 Å². The van der Waals surface area contributed by atoms with Gasteiger partial charge in [0.15, 0.2) is 5.76 Å². The normalized spacial score (nSPS) is 11.2. The number of halogens is 1. The number of nitrogens with zero attached hydrogens (tertiary/aromatic N) is 2. The van der Waals surface area contributed by atoms with Crippen LogP contribution < -0.4 is 0 Å². The molecule has 106 valence electrons. The SMILES string of the molecule is N#Cc1ccc(/C=C(\Cl)c2ncc(-c3ccccc3)o2)cc1. The van der Waals surface area contributed by atoms with Gasteiger partial charge in [-0.1, -0.05) is 54.1 Å². The minimum Gasteiger partial charge on any atom is -0.435 e. The molecule has 0 bridgehead atoms. The molecule has 0 atom stereocenters. The molecular formula is C18H11ClN2O. The van der Waals surface area contributed by atoms with E-state index in [0.717, 1.165) is 11.1 Å². The maximum atomic E-state index is 8.78. The summed E-state index contributed by atoms with van der Waals surface area (Å²) in [5, 5.41) is 9.19. The number of hydrogen-bond donors (Lipinski definition) is 0. The van der Waals surface area contributed by atoms with Crippen LogP contribution in [0.25, 0.3) is 22.4 Å². The zero-order chi connectivity index (χ0) is 15.4. The van der Waals surface area contributed by atoms with Crippen LogP contribution in [0, 0.1) is 11.3 Å². The Kier molecular flexibility index (Phi) is 4.04. The molecule has 0 unspecified atom stereocenters. The number of nitriles is 1. The molecule has 1 aromatic heterocycles. The second-order valence-electron chi connectivity index (χ2n) is 4.62. The molecule has 1 heterocycles. The largest absolute Gasteiger partial charge is 0.435 e. The Hall–Kier alpha value is -2.83. The van der Waals surface area contributed by atoms with Crippen molar-refractivity contribution in [2.45, 2.75) is 0 Å². The van der Waals surface area contributed by atoms with E-state index in [1.54, 1.807) is 24.4 Å². The van der Waals surface area contributed by atoms with Crippen molar-refractivity contribution >= 4 is 22.7 Å². The smallest absolute Gasteiger partial charge is 0.238 e. The van der Waals surface area contributed by atoms with E-state index in [4.69, 9.17) is 21.3 Å². The zero-order valence-corrected chi connectivity index (χ0v) is 12.3. The highest BCUT2D eigenvalue weighted by molar-refractivity contribution is 6.50. The first-order valence-electron chi connectivity index (χ1n) is 6.65. The van der Waals surface area contributed by atoms with E-state index >= 15 is 0 Å². The minimum absolute atomic E-state index is 0.366. The number of rotatable bonds is 3. The molecule has 3 aromatic rings. The highest BCUT2D eigenvalue weighted by atomic mass is 35.5. The monoisotopic (exact) mass is 306 g/mol. The molecule has 0 aliphatic heterocycles. The number of oxazole rings is 1. The Morgan fingerprint density at radius 3 is 2.50 bits per heavy atom. The molecule has 0 saturated heterocycles. The topological polar surface area (TPSA) is 49.8 Å². The van der Waals surface area contributed by atoms with Gasteiger partial charge in [0.1, 0.15) is 5.03 Å². The van der Waals surface area contributed by atoms with Crippen molar-refractivity contribution in [3.05, 3.63) is 77.8 Å². The lowest BCUT2D eigenvalue weighted by Gasteiger charge is -1.96. The zero-order valence-electron chi connectivity index (χ0n) is 11.5. The molecule has 0 spiro atoms. The van der Waals surface area contributed by atoms with Gasteiger partial charge in [-0.25, -0.2) is 4.98 Å². The third-order valence-corrected chi connectivity index (χ3v) is 3.37. The minimum atomic E-state index is 0.366. The molecule has 0 aliphatic rings. The highest BCUT2D eigenvalue weighted by Gasteiger charge is 2.09. The van der Waals surface area contributed by atoms with E-state index in [-0.39, 0.29) is 0 Å². The molecule has 22 heavy (non-hydrogen) atoms. The second kappa shape index (κ2) is 6.30. The van der Waals surface area contributed by atoms with E-state index in [0.29, 0.717) is 22.2 Å². The Bertz CT molecular complexity index is 843. The lowest BCUT2D eigenvalue weighted by molar-refractivity contribution is 0.559. The fourth-order valence-electron chi connectivity index (χ4n) is 1.98. The van der Waals surface area contributed by atoms with Crippen molar-refractivity contribution in [1.29, 1.82) is 5.26 Å². The fourth-order valence-corrected chi connectivity index (χ4v) is 2.20.